The van der Waals surface area contributed by atoms with Gasteiger partial charge in [0.15, 0.2) is 0 Å². The van der Waals surface area contributed by atoms with Gasteiger partial charge in [-0.3, -0.25) is 0 Å². The minimum Gasteiger partial charge on any atom is -0.0616 e. The lowest BCUT2D eigenvalue weighted by Crippen LogP contribution is -1.92. The predicted octanol–water partition coefficient (Wildman–Crippen LogP) is 6.07. The van der Waals surface area contributed by atoms with Crippen LogP contribution in [0.15, 0.2) is 72.8 Å². The summed E-state index contributed by atoms with van der Waals surface area (Å²) in [5, 5.41) is 0. The monoisotopic (exact) mass is 294 g/mol. The Kier molecular flexibility index (Phi) is 3.44. The van der Waals surface area contributed by atoms with Crippen molar-refractivity contribution >= 4 is 23.8 Å². The summed E-state index contributed by atoms with van der Waals surface area (Å²) in [5.74, 6) is 0. The summed E-state index contributed by atoms with van der Waals surface area (Å²) in [6.45, 7) is 2.12. The van der Waals surface area contributed by atoms with Crippen molar-refractivity contribution < 1.29 is 0 Å². The fourth-order valence-corrected chi connectivity index (χ4v) is 3.08. The first-order valence-electron chi connectivity index (χ1n) is 7.96. The maximum absolute atomic E-state index is 2.30. The lowest BCUT2D eigenvalue weighted by atomic mass is 9.92. The first-order valence-corrected chi connectivity index (χ1v) is 7.96. The third-order valence-corrected chi connectivity index (χ3v) is 4.33. The van der Waals surface area contributed by atoms with E-state index >= 15 is 0 Å². The zero-order valence-corrected chi connectivity index (χ0v) is 13.2. The van der Waals surface area contributed by atoms with Crippen molar-refractivity contribution in [1.82, 2.24) is 0 Å². The summed E-state index contributed by atoms with van der Waals surface area (Å²) in [4.78, 5) is 0. The van der Waals surface area contributed by atoms with Crippen molar-refractivity contribution in [3.05, 3.63) is 106 Å². The van der Waals surface area contributed by atoms with Crippen LogP contribution in [0.1, 0.15) is 33.4 Å². The molecule has 0 amide bonds. The fraction of sp³-hybridized carbons (Fsp3) is 0.0435. The molecule has 0 aliphatic heterocycles. The van der Waals surface area contributed by atoms with E-state index in [0.29, 0.717) is 0 Å². The third kappa shape index (κ3) is 2.64. The van der Waals surface area contributed by atoms with Gasteiger partial charge >= 0.3 is 0 Å². The van der Waals surface area contributed by atoms with E-state index in [0.717, 1.165) is 0 Å². The van der Waals surface area contributed by atoms with E-state index in [2.05, 4.69) is 97.9 Å². The number of hydrogen-bond donors (Lipinski definition) is 0. The highest BCUT2D eigenvalue weighted by Crippen LogP contribution is 2.34. The van der Waals surface area contributed by atoms with Gasteiger partial charge in [0, 0.05) is 0 Å². The molecule has 110 valence electrons. The predicted molar refractivity (Wildman–Crippen MR) is 100.0 cm³/mol. The van der Waals surface area contributed by atoms with Crippen molar-refractivity contribution in [2.24, 2.45) is 0 Å². The Hall–Kier alpha value is -2.86. The zero-order valence-electron chi connectivity index (χ0n) is 13.2. The van der Waals surface area contributed by atoms with E-state index in [4.69, 9.17) is 0 Å². The van der Waals surface area contributed by atoms with Crippen LogP contribution in [-0.2, 0) is 0 Å². The minimum absolute atomic E-state index is 1.23. The molecule has 0 saturated carbocycles. The molecule has 23 heavy (non-hydrogen) atoms. The molecule has 0 atom stereocenters. The maximum atomic E-state index is 2.30. The Morgan fingerprint density at radius 1 is 0.609 bits per heavy atom. The Labute approximate surface area is 137 Å². The van der Waals surface area contributed by atoms with Crippen LogP contribution in [0, 0.1) is 6.92 Å². The molecule has 4 rings (SSSR count). The van der Waals surface area contributed by atoms with Gasteiger partial charge in [-0.05, 0) is 46.4 Å². The normalized spacial score (nSPS) is 12.3. The first-order chi connectivity index (χ1) is 11.3. The van der Waals surface area contributed by atoms with Gasteiger partial charge in [0.25, 0.3) is 0 Å². The van der Waals surface area contributed by atoms with E-state index in [-0.39, 0.29) is 0 Å². The quantitative estimate of drug-likeness (QED) is 0.400. The molecule has 0 N–H and O–H groups in total. The Morgan fingerprint density at radius 2 is 1.13 bits per heavy atom. The molecule has 3 aromatic rings. The number of hydrogen-bond acceptors (Lipinski definition) is 0. The van der Waals surface area contributed by atoms with E-state index in [1.54, 1.807) is 0 Å². The average Bonchev–Trinajstić information content (AvgIpc) is 2.75. The van der Waals surface area contributed by atoms with Gasteiger partial charge < -0.3 is 0 Å². The molecule has 1 aliphatic carbocycles. The van der Waals surface area contributed by atoms with E-state index in [1.165, 1.54) is 39.0 Å². The van der Waals surface area contributed by atoms with Gasteiger partial charge in [0.1, 0.15) is 0 Å². The molecule has 0 heteroatoms. The fourth-order valence-electron chi connectivity index (χ4n) is 3.08. The summed E-state index contributed by atoms with van der Waals surface area (Å²) < 4.78 is 0. The van der Waals surface area contributed by atoms with Gasteiger partial charge in [-0.1, -0.05) is 90.5 Å². The van der Waals surface area contributed by atoms with Crippen LogP contribution in [0.4, 0.5) is 0 Å². The van der Waals surface area contributed by atoms with E-state index < -0.39 is 0 Å². The zero-order chi connectivity index (χ0) is 15.6. The van der Waals surface area contributed by atoms with Gasteiger partial charge in [-0.15, -0.1) is 0 Å². The lowest BCUT2D eigenvalue weighted by Gasteiger charge is -2.12. The van der Waals surface area contributed by atoms with Crippen molar-refractivity contribution in [1.29, 1.82) is 0 Å². The highest BCUT2D eigenvalue weighted by atomic mass is 14.2. The van der Waals surface area contributed by atoms with Gasteiger partial charge in [-0.25, -0.2) is 0 Å². The van der Waals surface area contributed by atoms with Crippen molar-refractivity contribution in [3.63, 3.8) is 0 Å². The van der Waals surface area contributed by atoms with Crippen molar-refractivity contribution in [3.8, 4) is 0 Å². The third-order valence-electron chi connectivity index (χ3n) is 4.33. The molecule has 0 nitrogen and oxygen atoms in total. The Bertz CT molecular complexity index is 857. The van der Waals surface area contributed by atoms with Crippen LogP contribution in [0.25, 0.3) is 23.8 Å². The highest BCUT2D eigenvalue weighted by Gasteiger charge is 2.14. The molecular weight excluding hydrogens is 276 g/mol. The van der Waals surface area contributed by atoms with Crippen LogP contribution in [0.5, 0.6) is 0 Å². The standard InChI is InChI=1S/C23H18/c1-17-10-12-18(13-11-17)16-23-21-8-4-2-6-19(21)14-15-20-7-3-5-9-22(20)23/h2-16H,1H3. The number of rotatable bonds is 1. The largest absolute Gasteiger partial charge is 0.0616 e. The number of fused-ring (bicyclic) bond motifs is 2. The van der Waals surface area contributed by atoms with Crippen LogP contribution in [0.3, 0.4) is 0 Å². The van der Waals surface area contributed by atoms with Gasteiger partial charge in [0.05, 0.1) is 0 Å². The molecule has 0 saturated heterocycles. The molecule has 0 radical (unpaired) electrons. The van der Waals surface area contributed by atoms with Crippen molar-refractivity contribution in [2.75, 3.05) is 0 Å². The summed E-state index contributed by atoms with van der Waals surface area (Å²) in [7, 11) is 0. The molecule has 0 unspecified atom stereocenters. The molecule has 0 fully saturated rings. The SMILES string of the molecule is Cc1ccc(C=C2c3ccccc3C=Cc3ccccc32)cc1. The molecule has 0 aromatic heterocycles. The Morgan fingerprint density at radius 3 is 1.70 bits per heavy atom. The molecule has 3 aromatic carbocycles. The van der Waals surface area contributed by atoms with Gasteiger partial charge in [-0.2, -0.15) is 0 Å². The average molecular weight is 294 g/mol. The van der Waals surface area contributed by atoms with Gasteiger partial charge in [0.2, 0.25) is 0 Å². The molecule has 0 bridgehead atoms. The molecule has 1 aliphatic rings. The smallest absolute Gasteiger partial charge is 0.00934 e. The number of benzene rings is 3. The van der Waals surface area contributed by atoms with Crippen LogP contribution in [0.2, 0.25) is 0 Å². The summed E-state index contributed by atoms with van der Waals surface area (Å²) in [6.07, 6.45) is 6.72. The molecule has 0 spiro atoms. The second-order valence-electron chi connectivity index (χ2n) is 5.98. The second-order valence-corrected chi connectivity index (χ2v) is 5.98. The van der Waals surface area contributed by atoms with Crippen LogP contribution >= 0.6 is 0 Å². The van der Waals surface area contributed by atoms with Crippen LogP contribution < -0.4 is 0 Å². The molecule has 0 heterocycles. The summed E-state index contributed by atoms with van der Waals surface area (Å²) in [5.41, 5.74) is 8.91. The second kappa shape index (κ2) is 5.73. The highest BCUT2D eigenvalue weighted by molar-refractivity contribution is 5.99. The molecular formula is C23H18. The van der Waals surface area contributed by atoms with E-state index in [9.17, 15) is 0 Å². The summed E-state index contributed by atoms with van der Waals surface area (Å²) in [6, 6.07) is 25.9. The first kappa shape index (κ1) is 13.8. The topological polar surface area (TPSA) is 0 Å². The Balaban J connectivity index is 1.97. The van der Waals surface area contributed by atoms with Crippen LogP contribution in [-0.4, -0.2) is 0 Å². The van der Waals surface area contributed by atoms with Crippen molar-refractivity contribution in [2.45, 2.75) is 6.92 Å². The summed E-state index contributed by atoms with van der Waals surface area (Å²) >= 11 is 0. The minimum atomic E-state index is 1.23. The maximum Gasteiger partial charge on any atom is -0.00934 e. The number of aryl methyl sites for hydroxylation is 1. The lowest BCUT2D eigenvalue weighted by molar-refractivity contribution is 1.46. The van der Waals surface area contributed by atoms with E-state index in [1.807, 2.05) is 0 Å².